The molecule has 3 amide bonds. The van der Waals surface area contributed by atoms with Gasteiger partial charge in [0, 0.05) is 5.38 Å². The number of thiazole rings is 1. The first-order valence-corrected chi connectivity index (χ1v) is 9.82. The van der Waals surface area contributed by atoms with E-state index in [-0.39, 0.29) is 18.5 Å². The summed E-state index contributed by atoms with van der Waals surface area (Å²) in [5.41, 5.74) is 1.55. The second-order valence-electron chi connectivity index (χ2n) is 7.43. The monoisotopic (exact) mass is 371 g/mol. The Morgan fingerprint density at radius 1 is 1.27 bits per heavy atom. The normalized spacial score (nSPS) is 20.1. The van der Waals surface area contributed by atoms with Crippen LogP contribution in [0, 0.1) is 12.8 Å². The second kappa shape index (κ2) is 7.19. The van der Waals surface area contributed by atoms with E-state index in [9.17, 15) is 9.59 Å². The quantitative estimate of drug-likeness (QED) is 0.781. The number of rotatable bonds is 6. The largest absolute Gasteiger partial charge is 0.325 e. The summed E-state index contributed by atoms with van der Waals surface area (Å²) in [5, 5.41) is 5.87. The number of carbonyl (C=O) groups excluding carboxylic acids is 2. The van der Waals surface area contributed by atoms with Gasteiger partial charge in [-0.3, -0.25) is 9.69 Å². The van der Waals surface area contributed by atoms with E-state index in [1.165, 1.54) is 4.90 Å². The molecule has 1 aromatic heterocycles. The summed E-state index contributed by atoms with van der Waals surface area (Å²) in [6, 6.07) is 7.29. The first-order chi connectivity index (χ1) is 12.3. The standard InChI is InChI=1S/C20H25N3O2S/c1-13(2)9-10-17-21-15(12-26-17)11-23-18(24)20(4,22-19(23)25)16-8-6-5-7-14(16)3/h5-8,12-13H,9-11H2,1-4H3,(H,22,25). The fraction of sp³-hybridized carbons (Fsp3) is 0.450. The molecule has 1 aromatic carbocycles. The molecule has 26 heavy (non-hydrogen) atoms. The lowest BCUT2D eigenvalue weighted by molar-refractivity contribution is -0.131. The topological polar surface area (TPSA) is 62.3 Å². The number of hydrogen-bond acceptors (Lipinski definition) is 4. The Balaban J connectivity index is 1.77. The zero-order chi connectivity index (χ0) is 18.9. The highest BCUT2D eigenvalue weighted by atomic mass is 32.1. The summed E-state index contributed by atoms with van der Waals surface area (Å²) in [7, 11) is 0. The van der Waals surface area contributed by atoms with Gasteiger partial charge < -0.3 is 5.32 Å². The van der Waals surface area contributed by atoms with Gasteiger partial charge in [0.2, 0.25) is 0 Å². The van der Waals surface area contributed by atoms with Crippen molar-refractivity contribution in [3.8, 4) is 0 Å². The highest BCUT2D eigenvalue weighted by Crippen LogP contribution is 2.31. The van der Waals surface area contributed by atoms with E-state index in [2.05, 4.69) is 24.1 Å². The van der Waals surface area contributed by atoms with Crippen LogP contribution in [0.1, 0.15) is 49.0 Å². The van der Waals surface area contributed by atoms with Crippen LogP contribution >= 0.6 is 11.3 Å². The summed E-state index contributed by atoms with van der Waals surface area (Å²) in [6.07, 6.45) is 2.02. The van der Waals surface area contributed by atoms with Gasteiger partial charge in [0.1, 0.15) is 5.54 Å². The van der Waals surface area contributed by atoms with Gasteiger partial charge in [-0.15, -0.1) is 11.3 Å². The molecule has 0 aliphatic carbocycles. The molecule has 6 heteroatoms. The molecule has 1 aliphatic rings. The molecule has 1 fully saturated rings. The molecule has 1 saturated heterocycles. The van der Waals surface area contributed by atoms with E-state index in [0.29, 0.717) is 5.92 Å². The van der Waals surface area contributed by atoms with Gasteiger partial charge >= 0.3 is 6.03 Å². The lowest BCUT2D eigenvalue weighted by atomic mass is 9.88. The first kappa shape index (κ1) is 18.6. The van der Waals surface area contributed by atoms with Crippen LogP contribution in [0.25, 0.3) is 0 Å². The fourth-order valence-electron chi connectivity index (χ4n) is 3.27. The molecule has 0 radical (unpaired) electrons. The van der Waals surface area contributed by atoms with Crippen LogP contribution in [0.3, 0.4) is 0 Å². The Labute approximate surface area is 158 Å². The van der Waals surface area contributed by atoms with E-state index < -0.39 is 5.54 Å². The molecule has 138 valence electrons. The maximum Gasteiger partial charge on any atom is 0.325 e. The molecule has 2 heterocycles. The first-order valence-electron chi connectivity index (χ1n) is 8.94. The SMILES string of the molecule is Cc1ccccc1C1(C)NC(=O)N(Cc2csc(CCC(C)C)n2)C1=O. The van der Waals surface area contributed by atoms with Crippen LogP contribution in [0.4, 0.5) is 4.79 Å². The van der Waals surface area contributed by atoms with Crippen molar-refractivity contribution in [1.29, 1.82) is 0 Å². The molecule has 1 unspecified atom stereocenters. The summed E-state index contributed by atoms with van der Waals surface area (Å²) >= 11 is 1.60. The average Bonchev–Trinajstić information content (AvgIpc) is 3.12. The molecule has 5 nitrogen and oxygen atoms in total. The Hall–Kier alpha value is -2.21. The van der Waals surface area contributed by atoms with Gasteiger partial charge in [0.05, 0.1) is 17.2 Å². The molecule has 1 N–H and O–H groups in total. The maximum atomic E-state index is 13.0. The van der Waals surface area contributed by atoms with Crippen LogP contribution in [-0.4, -0.2) is 21.8 Å². The Bertz CT molecular complexity index is 830. The van der Waals surface area contributed by atoms with Crippen molar-refractivity contribution >= 4 is 23.3 Å². The summed E-state index contributed by atoms with van der Waals surface area (Å²) in [6.45, 7) is 8.31. The van der Waals surface area contributed by atoms with Crippen LogP contribution in [0.5, 0.6) is 0 Å². The van der Waals surface area contributed by atoms with Gasteiger partial charge in [-0.2, -0.15) is 0 Å². The molecule has 2 aromatic rings. The number of aryl methyl sites for hydroxylation is 2. The molecule has 0 bridgehead atoms. The Morgan fingerprint density at radius 3 is 2.69 bits per heavy atom. The number of benzene rings is 1. The molecule has 1 atom stereocenters. The minimum absolute atomic E-state index is 0.213. The number of amides is 3. The summed E-state index contributed by atoms with van der Waals surface area (Å²) in [4.78, 5) is 31.4. The predicted molar refractivity (Wildman–Crippen MR) is 103 cm³/mol. The summed E-state index contributed by atoms with van der Waals surface area (Å²) in [5.74, 6) is 0.400. The third-order valence-corrected chi connectivity index (χ3v) is 5.77. The van der Waals surface area contributed by atoms with Crippen molar-refractivity contribution < 1.29 is 9.59 Å². The molecular weight excluding hydrogens is 346 g/mol. The number of hydrogen-bond donors (Lipinski definition) is 1. The Kier molecular flexibility index (Phi) is 5.14. The van der Waals surface area contributed by atoms with Crippen LogP contribution in [0.2, 0.25) is 0 Å². The van der Waals surface area contributed by atoms with Crippen molar-refractivity contribution in [2.24, 2.45) is 5.92 Å². The highest BCUT2D eigenvalue weighted by Gasteiger charge is 2.49. The molecule has 0 saturated carbocycles. The number of imide groups is 1. The van der Waals surface area contributed by atoms with E-state index in [0.717, 1.165) is 34.7 Å². The van der Waals surface area contributed by atoms with Crippen molar-refractivity contribution in [3.05, 3.63) is 51.5 Å². The third kappa shape index (κ3) is 3.51. The van der Waals surface area contributed by atoms with Gasteiger partial charge in [0.15, 0.2) is 0 Å². The smallest absolute Gasteiger partial charge is 0.319 e. The van der Waals surface area contributed by atoms with Gasteiger partial charge in [-0.1, -0.05) is 38.1 Å². The fourth-order valence-corrected chi connectivity index (χ4v) is 4.07. The molecule has 3 rings (SSSR count). The van der Waals surface area contributed by atoms with E-state index in [1.54, 1.807) is 18.3 Å². The second-order valence-corrected chi connectivity index (χ2v) is 8.37. The van der Waals surface area contributed by atoms with Gasteiger partial charge in [0.25, 0.3) is 5.91 Å². The third-order valence-electron chi connectivity index (χ3n) is 4.81. The van der Waals surface area contributed by atoms with E-state index >= 15 is 0 Å². The Morgan fingerprint density at radius 2 is 2.00 bits per heavy atom. The molecule has 0 spiro atoms. The van der Waals surface area contributed by atoms with Crippen molar-refractivity contribution in [2.75, 3.05) is 0 Å². The maximum absolute atomic E-state index is 13.0. The lowest BCUT2D eigenvalue weighted by Crippen LogP contribution is -2.41. The number of nitrogens with one attached hydrogen (secondary N) is 1. The summed E-state index contributed by atoms with van der Waals surface area (Å²) < 4.78 is 0. The number of aromatic nitrogens is 1. The van der Waals surface area contributed by atoms with E-state index in [4.69, 9.17) is 0 Å². The predicted octanol–water partition coefficient (Wildman–Crippen LogP) is 4.01. The van der Waals surface area contributed by atoms with Gasteiger partial charge in [-0.05, 0) is 43.7 Å². The zero-order valence-electron chi connectivity index (χ0n) is 15.7. The zero-order valence-corrected chi connectivity index (χ0v) is 16.5. The van der Waals surface area contributed by atoms with Gasteiger partial charge in [-0.25, -0.2) is 9.78 Å². The van der Waals surface area contributed by atoms with Crippen LogP contribution in [-0.2, 0) is 23.3 Å². The van der Waals surface area contributed by atoms with Crippen LogP contribution < -0.4 is 5.32 Å². The highest BCUT2D eigenvalue weighted by molar-refractivity contribution is 7.09. The van der Waals surface area contributed by atoms with E-state index in [1.807, 2.05) is 36.6 Å². The van der Waals surface area contributed by atoms with Crippen molar-refractivity contribution in [1.82, 2.24) is 15.2 Å². The van der Waals surface area contributed by atoms with Crippen molar-refractivity contribution in [2.45, 2.75) is 52.6 Å². The number of nitrogens with zero attached hydrogens (tertiary/aromatic N) is 2. The number of carbonyl (C=O) groups is 2. The van der Waals surface area contributed by atoms with Crippen molar-refractivity contribution in [3.63, 3.8) is 0 Å². The average molecular weight is 372 g/mol. The lowest BCUT2D eigenvalue weighted by Gasteiger charge is -2.24. The number of urea groups is 1. The molecular formula is C20H25N3O2S. The minimum atomic E-state index is -1.03. The molecule has 1 aliphatic heterocycles. The minimum Gasteiger partial charge on any atom is -0.319 e. The van der Waals surface area contributed by atoms with Crippen LogP contribution in [0.15, 0.2) is 29.6 Å².